The maximum Gasteiger partial charge on any atom is 0.129 e. The Bertz CT molecular complexity index is 436. The number of nitrogens with one attached hydrogen (secondary N) is 1. The Kier molecular flexibility index (Phi) is 6.83. The molecular weight excluding hydrogens is 308 g/mol. The van der Waals surface area contributed by atoms with Crippen LogP contribution in [0, 0.1) is 11.6 Å². The number of thioether (sulfide) groups is 2. The van der Waals surface area contributed by atoms with Crippen LogP contribution in [0.5, 0.6) is 0 Å². The summed E-state index contributed by atoms with van der Waals surface area (Å²) in [5, 5.41) is 4.42. The van der Waals surface area contributed by atoms with Crippen LogP contribution in [0.4, 0.5) is 8.78 Å². The molecule has 1 saturated heterocycles. The normalized spacial score (nSPS) is 24.0. The fraction of sp³-hybridized carbons (Fsp3) is 0.625. The molecule has 0 saturated carbocycles. The Morgan fingerprint density at radius 1 is 1.19 bits per heavy atom. The number of hydrogen-bond donors (Lipinski definition) is 1. The van der Waals surface area contributed by atoms with E-state index in [1.165, 1.54) is 24.0 Å². The van der Waals surface area contributed by atoms with Crippen molar-refractivity contribution in [1.82, 2.24) is 5.32 Å². The van der Waals surface area contributed by atoms with Crippen molar-refractivity contribution in [1.29, 1.82) is 0 Å². The SMILES string of the molecule is CCNC(Cc1c(F)cccc1F)C1SCCSC1CC. The van der Waals surface area contributed by atoms with E-state index in [0.29, 0.717) is 16.9 Å². The van der Waals surface area contributed by atoms with Gasteiger partial charge in [0.05, 0.1) is 0 Å². The molecule has 21 heavy (non-hydrogen) atoms. The molecule has 1 aromatic carbocycles. The van der Waals surface area contributed by atoms with Crippen LogP contribution in [0.25, 0.3) is 0 Å². The van der Waals surface area contributed by atoms with Crippen molar-refractivity contribution in [2.75, 3.05) is 18.1 Å². The molecule has 5 heteroatoms. The number of halogens is 2. The molecule has 0 amide bonds. The minimum absolute atomic E-state index is 0.115. The lowest BCUT2D eigenvalue weighted by molar-refractivity contribution is 0.464. The van der Waals surface area contributed by atoms with Crippen molar-refractivity contribution in [3.05, 3.63) is 35.4 Å². The van der Waals surface area contributed by atoms with E-state index in [-0.39, 0.29) is 11.6 Å². The number of likely N-dealkylation sites (N-methyl/N-ethyl adjacent to an activating group) is 1. The molecule has 1 aliphatic heterocycles. The third kappa shape index (κ3) is 4.36. The molecule has 0 radical (unpaired) electrons. The Hall–Kier alpha value is -0.260. The summed E-state index contributed by atoms with van der Waals surface area (Å²) in [4.78, 5) is 0. The van der Waals surface area contributed by atoms with Gasteiger partial charge >= 0.3 is 0 Å². The fourth-order valence-corrected chi connectivity index (χ4v) is 6.09. The van der Waals surface area contributed by atoms with Crippen LogP contribution in [-0.4, -0.2) is 34.6 Å². The maximum absolute atomic E-state index is 13.9. The Labute approximate surface area is 134 Å². The summed E-state index contributed by atoms with van der Waals surface area (Å²) < 4.78 is 27.8. The Morgan fingerprint density at radius 3 is 2.48 bits per heavy atom. The van der Waals surface area contributed by atoms with Crippen molar-refractivity contribution in [3.63, 3.8) is 0 Å². The highest BCUT2D eigenvalue weighted by molar-refractivity contribution is 8.07. The van der Waals surface area contributed by atoms with Gasteiger partial charge in [0, 0.05) is 33.6 Å². The maximum atomic E-state index is 13.9. The number of benzene rings is 1. The molecule has 1 aliphatic rings. The predicted octanol–water partition coefficient (Wildman–Crippen LogP) is 4.11. The molecule has 3 atom stereocenters. The second-order valence-electron chi connectivity index (χ2n) is 5.22. The van der Waals surface area contributed by atoms with E-state index in [4.69, 9.17) is 0 Å². The average molecular weight is 331 g/mol. The van der Waals surface area contributed by atoms with Gasteiger partial charge in [-0.05, 0) is 31.5 Å². The van der Waals surface area contributed by atoms with Crippen molar-refractivity contribution in [3.8, 4) is 0 Å². The standard InChI is InChI=1S/C16H23F2NS2/c1-3-15-16(21-9-8-20-15)14(19-4-2)10-11-12(17)6-5-7-13(11)18/h5-7,14-16,19H,3-4,8-10H2,1-2H3. The largest absolute Gasteiger partial charge is 0.313 e. The van der Waals surface area contributed by atoms with E-state index in [1.54, 1.807) is 0 Å². The predicted molar refractivity (Wildman–Crippen MR) is 90.3 cm³/mol. The van der Waals surface area contributed by atoms with Crippen LogP contribution in [-0.2, 0) is 6.42 Å². The summed E-state index contributed by atoms with van der Waals surface area (Å²) in [5.74, 6) is 1.43. The molecule has 0 aromatic heterocycles. The van der Waals surface area contributed by atoms with E-state index in [0.717, 1.165) is 18.7 Å². The second-order valence-corrected chi connectivity index (χ2v) is 7.85. The van der Waals surface area contributed by atoms with Crippen molar-refractivity contribution in [2.45, 2.75) is 43.2 Å². The summed E-state index contributed by atoms with van der Waals surface area (Å²) in [6, 6.07) is 4.24. The van der Waals surface area contributed by atoms with Crippen LogP contribution in [0.15, 0.2) is 18.2 Å². The molecule has 118 valence electrons. The van der Waals surface area contributed by atoms with Gasteiger partial charge in [0.1, 0.15) is 11.6 Å². The van der Waals surface area contributed by atoms with E-state index in [2.05, 4.69) is 12.2 Å². The number of hydrogen-bond acceptors (Lipinski definition) is 3. The molecule has 1 nitrogen and oxygen atoms in total. The minimum Gasteiger partial charge on any atom is -0.313 e. The van der Waals surface area contributed by atoms with E-state index >= 15 is 0 Å². The molecule has 2 rings (SSSR count). The number of rotatable bonds is 6. The van der Waals surface area contributed by atoms with Gasteiger partial charge in [-0.25, -0.2) is 8.78 Å². The summed E-state index contributed by atoms with van der Waals surface area (Å²) in [6.45, 7) is 5.06. The topological polar surface area (TPSA) is 12.0 Å². The molecule has 1 heterocycles. The van der Waals surface area contributed by atoms with Gasteiger partial charge in [-0.15, -0.1) is 0 Å². The van der Waals surface area contributed by atoms with E-state index in [9.17, 15) is 8.78 Å². The minimum atomic E-state index is -0.431. The van der Waals surface area contributed by atoms with Gasteiger partial charge in [-0.1, -0.05) is 19.9 Å². The van der Waals surface area contributed by atoms with Gasteiger partial charge in [-0.3, -0.25) is 0 Å². The Morgan fingerprint density at radius 2 is 1.86 bits per heavy atom. The summed E-state index contributed by atoms with van der Waals surface area (Å²) in [6.07, 6.45) is 1.52. The van der Waals surface area contributed by atoms with E-state index in [1.807, 2.05) is 30.4 Å². The van der Waals surface area contributed by atoms with Gasteiger partial charge in [0.15, 0.2) is 0 Å². The van der Waals surface area contributed by atoms with Gasteiger partial charge in [0.25, 0.3) is 0 Å². The fourth-order valence-electron chi connectivity index (χ4n) is 2.83. The van der Waals surface area contributed by atoms with E-state index < -0.39 is 11.6 Å². The first-order valence-electron chi connectivity index (χ1n) is 7.56. The smallest absolute Gasteiger partial charge is 0.129 e. The highest BCUT2D eigenvalue weighted by atomic mass is 32.2. The summed E-state index contributed by atoms with van der Waals surface area (Å²) in [5.41, 5.74) is 0.217. The van der Waals surface area contributed by atoms with Crippen molar-refractivity contribution >= 4 is 23.5 Å². The monoisotopic (exact) mass is 331 g/mol. The first-order valence-corrected chi connectivity index (χ1v) is 9.66. The zero-order valence-corrected chi connectivity index (χ0v) is 14.2. The Balaban J connectivity index is 2.18. The summed E-state index contributed by atoms with van der Waals surface area (Å²) in [7, 11) is 0. The highest BCUT2D eigenvalue weighted by Gasteiger charge is 2.32. The lowest BCUT2D eigenvalue weighted by Gasteiger charge is -2.36. The molecular formula is C16H23F2NS2. The molecule has 0 aliphatic carbocycles. The van der Waals surface area contributed by atoms with Gasteiger partial charge in [-0.2, -0.15) is 23.5 Å². The molecule has 0 spiro atoms. The molecule has 1 N–H and O–H groups in total. The first-order chi connectivity index (χ1) is 10.2. The zero-order chi connectivity index (χ0) is 15.2. The van der Waals surface area contributed by atoms with Gasteiger partial charge in [0.2, 0.25) is 0 Å². The molecule has 1 aromatic rings. The van der Waals surface area contributed by atoms with Crippen LogP contribution in [0.1, 0.15) is 25.8 Å². The summed E-state index contributed by atoms with van der Waals surface area (Å²) >= 11 is 3.94. The quantitative estimate of drug-likeness (QED) is 0.842. The second kappa shape index (κ2) is 8.39. The van der Waals surface area contributed by atoms with Crippen LogP contribution < -0.4 is 5.32 Å². The zero-order valence-electron chi connectivity index (χ0n) is 12.6. The molecule has 0 bridgehead atoms. The first kappa shape index (κ1) is 17.1. The lowest BCUT2D eigenvalue weighted by atomic mass is 9.99. The lowest BCUT2D eigenvalue weighted by Crippen LogP contribution is -2.46. The molecule has 3 unspecified atom stereocenters. The average Bonchev–Trinajstić information content (AvgIpc) is 2.50. The third-order valence-electron chi connectivity index (χ3n) is 3.84. The van der Waals surface area contributed by atoms with Crippen LogP contribution in [0.3, 0.4) is 0 Å². The third-order valence-corrected chi connectivity index (χ3v) is 7.25. The highest BCUT2D eigenvalue weighted by Crippen LogP contribution is 2.36. The molecule has 1 fully saturated rings. The van der Waals surface area contributed by atoms with Crippen molar-refractivity contribution in [2.24, 2.45) is 0 Å². The van der Waals surface area contributed by atoms with Crippen LogP contribution in [0.2, 0.25) is 0 Å². The van der Waals surface area contributed by atoms with Gasteiger partial charge < -0.3 is 5.32 Å². The van der Waals surface area contributed by atoms with Crippen LogP contribution >= 0.6 is 23.5 Å². The van der Waals surface area contributed by atoms with Crippen molar-refractivity contribution < 1.29 is 8.78 Å².